The topological polar surface area (TPSA) is 44.4 Å². The van der Waals surface area contributed by atoms with Crippen molar-refractivity contribution in [3.05, 3.63) is 0 Å². The summed E-state index contributed by atoms with van der Waals surface area (Å²) < 4.78 is 0. The van der Waals surface area contributed by atoms with Crippen LogP contribution in [0.2, 0.25) is 0 Å². The fourth-order valence-corrected chi connectivity index (χ4v) is 2.04. The lowest BCUT2D eigenvalue weighted by atomic mass is 9.94. The molecule has 1 unspecified atom stereocenters. The van der Waals surface area contributed by atoms with Gasteiger partial charge in [0.1, 0.15) is 0 Å². The first-order valence-corrected chi connectivity index (χ1v) is 4.42. The first-order chi connectivity index (χ1) is 5.73. The molecule has 2 saturated heterocycles. The van der Waals surface area contributed by atoms with Crippen molar-refractivity contribution in [2.45, 2.75) is 12.0 Å². The number of carbonyl (C=O) groups is 1. The maximum atomic E-state index is 11.0. The van der Waals surface area contributed by atoms with E-state index in [2.05, 4.69) is 15.5 Å². The molecule has 0 aliphatic carbocycles. The average molecular weight is 169 g/mol. The number of likely N-dealkylation sites (N-methyl/N-ethyl adjacent to an activating group) is 1. The maximum Gasteiger partial charge on any atom is 0.234 e. The summed E-state index contributed by atoms with van der Waals surface area (Å²) in [6, 6.07) is 0. The van der Waals surface area contributed by atoms with E-state index in [0.717, 1.165) is 26.1 Å². The Kier molecular flexibility index (Phi) is 1.81. The zero-order valence-electron chi connectivity index (χ0n) is 7.39. The van der Waals surface area contributed by atoms with Gasteiger partial charge in [-0.1, -0.05) is 0 Å². The maximum absolute atomic E-state index is 11.0. The molecule has 1 spiro atoms. The predicted octanol–water partition coefficient (Wildman–Crippen LogP) is -1.22. The van der Waals surface area contributed by atoms with E-state index in [1.54, 1.807) is 0 Å². The van der Waals surface area contributed by atoms with Crippen molar-refractivity contribution in [1.29, 1.82) is 0 Å². The van der Waals surface area contributed by atoms with Crippen molar-refractivity contribution in [2.75, 3.05) is 33.2 Å². The SMILES string of the molecule is CN1CC(=O)NCC12CCNC2. The van der Waals surface area contributed by atoms with Crippen molar-refractivity contribution < 1.29 is 4.79 Å². The molecule has 0 bridgehead atoms. The van der Waals surface area contributed by atoms with Gasteiger partial charge in [0, 0.05) is 13.1 Å². The molecule has 0 radical (unpaired) electrons. The van der Waals surface area contributed by atoms with Gasteiger partial charge in [-0.25, -0.2) is 0 Å². The zero-order valence-corrected chi connectivity index (χ0v) is 7.39. The Hall–Kier alpha value is -0.610. The van der Waals surface area contributed by atoms with E-state index in [9.17, 15) is 4.79 Å². The highest BCUT2D eigenvalue weighted by molar-refractivity contribution is 5.79. The van der Waals surface area contributed by atoms with Gasteiger partial charge in [-0.05, 0) is 20.0 Å². The van der Waals surface area contributed by atoms with Crippen LogP contribution in [0.1, 0.15) is 6.42 Å². The Morgan fingerprint density at radius 3 is 2.92 bits per heavy atom. The number of amides is 1. The third-order valence-corrected chi connectivity index (χ3v) is 3.03. The summed E-state index contributed by atoms with van der Waals surface area (Å²) in [6.45, 7) is 3.42. The smallest absolute Gasteiger partial charge is 0.234 e. The van der Waals surface area contributed by atoms with Gasteiger partial charge in [-0.2, -0.15) is 0 Å². The van der Waals surface area contributed by atoms with Crippen LogP contribution in [0.5, 0.6) is 0 Å². The van der Waals surface area contributed by atoms with Crippen LogP contribution >= 0.6 is 0 Å². The Labute approximate surface area is 72.3 Å². The summed E-state index contributed by atoms with van der Waals surface area (Å²) in [4.78, 5) is 13.2. The van der Waals surface area contributed by atoms with Gasteiger partial charge in [0.25, 0.3) is 0 Å². The fraction of sp³-hybridized carbons (Fsp3) is 0.875. The highest BCUT2D eigenvalue weighted by atomic mass is 16.2. The molecule has 4 heteroatoms. The molecule has 0 saturated carbocycles. The van der Waals surface area contributed by atoms with E-state index in [1.807, 2.05) is 7.05 Å². The minimum absolute atomic E-state index is 0.148. The highest BCUT2D eigenvalue weighted by Gasteiger charge is 2.41. The molecule has 2 N–H and O–H groups in total. The van der Waals surface area contributed by atoms with Gasteiger partial charge in [0.05, 0.1) is 12.1 Å². The summed E-state index contributed by atoms with van der Waals surface area (Å²) in [5.74, 6) is 0.148. The highest BCUT2D eigenvalue weighted by Crippen LogP contribution is 2.22. The standard InChI is InChI=1S/C8H15N3O/c1-11-4-7(12)10-6-8(11)2-3-9-5-8/h9H,2-6H2,1H3,(H,10,12). The second-order valence-corrected chi connectivity index (χ2v) is 3.78. The first-order valence-electron chi connectivity index (χ1n) is 4.42. The van der Waals surface area contributed by atoms with E-state index < -0.39 is 0 Å². The molecule has 12 heavy (non-hydrogen) atoms. The fourth-order valence-electron chi connectivity index (χ4n) is 2.04. The minimum Gasteiger partial charge on any atom is -0.353 e. The van der Waals surface area contributed by atoms with Crippen LogP contribution in [0.25, 0.3) is 0 Å². The van der Waals surface area contributed by atoms with Gasteiger partial charge in [0.15, 0.2) is 0 Å². The average Bonchev–Trinajstić information content (AvgIpc) is 2.48. The van der Waals surface area contributed by atoms with Crippen LogP contribution in [-0.2, 0) is 4.79 Å². The van der Waals surface area contributed by atoms with Crippen molar-refractivity contribution >= 4 is 5.91 Å². The molecule has 0 aromatic carbocycles. The number of carbonyl (C=O) groups excluding carboxylic acids is 1. The van der Waals surface area contributed by atoms with E-state index in [4.69, 9.17) is 0 Å². The van der Waals surface area contributed by atoms with Crippen molar-refractivity contribution in [2.24, 2.45) is 0 Å². The lowest BCUT2D eigenvalue weighted by molar-refractivity contribution is -0.127. The number of rotatable bonds is 0. The molecule has 1 atom stereocenters. The van der Waals surface area contributed by atoms with Gasteiger partial charge in [-0.15, -0.1) is 0 Å². The molecular weight excluding hydrogens is 154 g/mol. The van der Waals surface area contributed by atoms with E-state index in [1.165, 1.54) is 0 Å². The number of piperazine rings is 1. The summed E-state index contributed by atoms with van der Waals surface area (Å²) >= 11 is 0. The van der Waals surface area contributed by atoms with Gasteiger partial charge < -0.3 is 10.6 Å². The minimum atomic E-state index is 0.148. The second kappa shape index (κ2) is 2.71. The van der Waals surface area contributed by atoms with Crippen LogP contribution < -0.4 is 10.6 Å². The quantitative estimate of drug-likeness (QED) is 0.478. The summed E-state index contributed by atoms with van der Waals surface area (Å²) in [5, 5.41) is 6.26. The Morgan fingerprint density at radius 1 is 1.50 bits per heavy atom. The molecule has 2 aliphatic rings. The molecule has 68 valence electrons. The molecule has 0 aromatic heterocycles. The molecule has 2 heterocycles. The molecule has 4 nitrogen and oxygen atoms in total. The molecular formula is C8H15N3O. The van der Waals surface area contributed by atoms with Gasteiger partial charge >= 0.3 is 0 Å². The first kappa shape index (κ1) is 8.01. The summed E-state index contributed by atoms with van der Waals surface area (Å²) in [6.07, 6.45) is 1.14. The van der Waals surface area contributed by atoms with Crippen LogP contribution in [0, 0.1) is 0 Å². The lowest BCUT2D eigenvalue weighted by Crippen LogP contribution is -2.62. The number of nitrogens with zero attached hydrogens (tertiary/aromatic N) is 1. The molecule has 0 aromatic rings. The van der Waals surface area contributed by atoms with E-state index >= 15 is 0 Å². The van der Waals surface area contributed by atoms with E-state index in [-0.39, 0.29) is 11.4 Å². The molecule has 1 amide bonds. The largest absolute Gasteiger partial charge is 0.353 e. The zero-order chi connectivity index (χ0) is 8.60. The van der Waals surface area contributed by atoms with Crippen LogP contribution in [0.15, 0.2) is 0 Å². The van der Waals surface area contributed by atoms with Crippen molar-refractivity contribution in [1.82, 2.24) is 15.5 Å². The molecule has 2 fully saturated rings. The molecule has 2 rings (SSSR count). The number of nitrogens with one attached hydrogen (secondary N) is 2. The Bertz CT molecular complexity index is 198. The Balaban J connectivity index is 2.10. The summed E-state index contributed by atoms with van der Waals surface area (Å²) in [5.41, 5.74) is 0.202. The van der Waals surface area contributed by atoms with E-state index in [0.29, 0.717) is 6.54 Å². The van der Waals surface area contributed by atoms with Crippen LogP contribution in [0.3, 0.4) is 0 Å². The van der Waals surface area contributed by atoms with Crippen LogP contribution in [-0.4, -0.2) is 49.6 Å². The number of hydrogen-bond acceptors (Lipinski definition) is 3. The van der Waals surface area contributed by atoms with Crippen molar-refractivity contribution in [3.63, 3.8) is 0 Å². The second-order valence-electron chi connectivity index (χ2n) is 3.78. The third kappa shape index (κ3) is 1.11. The van der Waals surface area contributed by atoms with Gasteiger partial charge in [0.2, 0.25) is 5.91 Å². The third-order valence-electron chi connectivity index (χ3n) is 3.03. The predicted molar refractivity (Wildman–Crippen MR) is 45.9 cm³/mol. The lowest BCUT2D eigenvalue weighted by Gasteiger charge is -2.41. The summed E-state index contributed by atoms with van der Waals surface area (Å²) in [7, 11) is 2.03. The van der Waals surface area contributed by atoms with Crippen LogP contribution in [0.4, 0.5) is 0 Å². The molecule has 2 aliphatic heterocycles. The monoisotopic (exact) mass is 169 g/mol. The normalized spacial score (nSPS) is 37.2. The van der Waals surface area contributed by atoms with Crippen molar-refractivity contribution in [3.8, 4) is 0 Å². The van der Waals surface area contributed by atoms with Gasteiger partial charge in [-0.3, -0.25) is 9.69 Å². The number of hydrogen-bond donors (Lipinski definition) is 2. The Morgan fingerprint density at radius 2 is 2.33 bits per heavy atom.